The van der Waals surface area contributed by atoms with E-state index in [0.29, 0.717) is 12.1 Å². The summed E-state index contributed by atoms with van der Waals surface area (Å²) in [6.45, 7) is 0. The van der Waals surface area contributed by atoms with Gasteiger partial charge in [-0.05, 0) is 52.9 Å². The Kier molecular flexibility index (Phi) is 6.57. The molecular formula is C16H10F6N8S2. The first kappa shape index (κ1) is 23.7. The molecule has 2 aromatic heterocycles. The number of alkyl halides is 6. The highest BCUT2D eigenvalue weighted by atomic mass is 32.2. The second-order valence-corrected chi connectivity index (χ2v) is 7.74. The van der Waals surface area contributed by atoms with E-state index < -0.39 is 29.0 Å². The Balaban J connectivity index is 2.04. The zero-order valence-electron chi connectivity index (χ0n) is 16.0. The number of benzene rings is 1. The lowest BCUT2D eigenvalue weighted by atomic mass is 10.0. The minimum atomic E-state index is -4.99. The van der Waals surface area contributed by atoms with Crippen molar-refractivity contribution < 1.29 is 26.3 Å². The Labute approximate surface area is 184 Å². The molecule has 0 aliphatic heterocycles. The van der Waals surface area contributed by atoms with Gasteiger partial charge in [-0.25, -0.2) is 19.6 Å². The van der Waals surface area contributed by atoms with Crippen molar-refractivity contribution in [1.29, 1.82) is 0 Å². The Morgan fingerprint density at radius 2 is 1.59 bits per heavy atom. The zero-order valence-corrected chi connectivity index (χ0v) is 17.6. The van der Waals surface area contributed by atoms with Crippen molar-refractivity contribution >= 4 is 29.3 Å². The van der Waals surface area contributed by atoms with Gasteiger partial charge in [0.05, 0.1) is 11.1 Å². The van der Waals surface area contributed by atoms with E-state index in [2.05, 4.69) is 30.1 Å². The lowest BCUT2D eigenvalue weighted by Crippen LogP contribution is -2.11. The van der Waals surface area contributed by atoms with Gasteiger partial charge >= 0.3 is 12.4 Å². The van der Waals surface area contributed by atoms with Gasteiger partial charge in [0.15, 0.2) is 16.1 Å². The molecule has 0 aliphatic rings. The predicted molar refractivity (Wildman–Crippen MR) is 103 cm³/mol. The molecule has 0 fully saturated rings. The van der Waals surface area contributed by atoms with Crippen LogP contribution < -0.4 is 0 Å². The summed E-state index contributed by atoms with van der Waals surface area (Å²) in [7, 11) is 1.42. The average Bonchev–Trinajstić information content (AvgIpc) is 3.06. The fourth-order valence-corrected chi connectivity index (χ4v) is 3.61. The van der Waals surface area contributed by atoms with Crippen LogP contribution in [0.5, 0.6) is 0 Å². The summed E-state index contributed by atoms with van der Waals surface area (Å²) in [5.41, 5.74) is 5.21. The van der Waals surface area contributed by atoms with E-state index >= 15 is 0 Å². The van der Waals surface area contributed by atoms with Crippen molar-refractivity contribution in [2.24, 2.45) is 12.2 Å². The molecule has 0 aliphatic carbocycles. The summed E-state index contributed by atoms with van der Waals surface area (Å²) >= 11 is 2.09. The molecule has 168 valence electrons. The number of hydrogen-bond acceptors (Lipinski definition) is 7. The van der Waals surface area contributed by atoms with Crippen LogP contribution in [0.1, 0.15) is 11.1 Å². The SMILES string of the molecule is CSc1nc(N=[N+]=[N-])cc(Sc2nc(-c3cc(C(F)(F)F)cc(C(F)(F)F)c3)nn2C)n1. The fourth-order valence-electron chi connectivity index (χ4n) is 2.39. The summed E-state index contributed by atoms with van der Waals surface area (Å²) in [4.78, 5) is 14.9. The van der Waals surface area contributed by atoms with Crippen molar-refractivity contribution in [2.75, 3.05) is 6.26 Å². The third kappa shape index (κ3) is 5.44. The van der Waals surface area contributed by atoms with E-state index in [-0.39, 0.29) is 33.0 Å². The largest absolute Gasteiger partial charge is 0.416 e. The number of halogens is 6. The molecule has 0 saturated carbocycles. The Morgan fingerprint density at radius 3 is 2.12 bits per heavy atom. The lowest BCUT2D eigenvalue weighted by molar-refractivity contribution is -0.143. The lowest BCUT2D eigenvalue weighted by Gasteiger charge is -2.13. The van der Waals surface area contributed by atoms with Gasteiger partial charge in [0.1, 0.15) is 10.8 Å². The predicted octanol–water partition coefficient (Wildman–Crippen LogP) is 6.12. The fraction of sp³-hybridized carbons (Fsp3) is 0.250. The van der Waals surface area contributed by atoms with Gasteiger partial charge < -0.3 is 0 Å². The van der Waals surface area contributed by atoms with Gasteiger partial charge in [-0.1, -0.05) is 11.8 Å². The maximum atomic E-state index is 13.1. The van der Waals surface area contributed by atoms with Crippen LogP contribution in [-0.4, -0.2) is 31.0 Å². The van der Waals surface area contributed by atoms with Crippen molar-refractivity contribution in [3.05, 3.63) is 45.8 Å². The number of thioether (sulfide) groups is 1. The number of aromatic nitrogens is 5. The monoisotopic (exact) mass is 492 g/mol. The minimum Gasteiger partial charge on any atom is -0.243 e. The molecule has 0 saturated heterocycles. The quantitative estimate of drug-likeness (QED) is 0.0808. The average molecular weight is 492 g/mol. The summed E-state index contributed by atoms with van der Waals surface area (Å²) in [5.74, 6) is -0.301. The summed E-state index contributed by atoms with van der Waals surface area (Å²) in [6.07, 6.45) is -8.29. The summed E-state index contributed by atoms with van der Waals surface area (Å²) in [6, 6.07) is 2.49. The van der Waals surface area contributed by atoms with E-state index in [1.807, 2.05) is 0 Å². The van der Waals surface area contributed by atoms with Crippen molar-refractivity contribution in [3.8, 4) is 11.4 Å². The highest BCUT2D eigenvalue weighted by Gasteiger charge is 2.37. The Morgan fingerprint density at radius 1 is 0.969 bits per heavy atom. The number of aryl methyl sites for hydroxylation is 1. The molecule has 0 atom stereocenters. The maximum Gasteiger partial charge on any atom is 0.416 e. The van der Waals surface area contributed by atoms with Crippen LogP contribution in [0.4, 0.5) is 32.2 Å². The smallest absolute Gasteiger partial charge is 0.243 e. The minimum absolute atomic E-state index is 0.0319. The van der Waals surface area contributed by atoms with Crippen LogP contribution in [0, 0.1) is 0 Å². The topological polar surface area (TPSA) is 105 Å². The molecule has 1 aromatic carbocycles. The molecule has 3 rings (SSSR count). The number of azide groups is 1. The Hall–Kier alpha value is -2.97. The summed E-state index contributed by atoms with van der Waals surface area (Å²) < 4.78 is 79.9. The molecular weight excluding hydrogens is 482 g/mol. The van der Waals surface area contributed by atoms with Crippen LogP contribution in [0.25, 0.3) is 21.8 Å². The zero-order chi connectivity index (χ0) is 23.7. The van der Waals surface area contributed by atoms with Gasteiger partial charge in [0.2, 0.25) is 0 Å². The van der Waals surface area contributed by atoms with E-state index in [1.54, 1.807) is 6.26 Å². The molecule has 0 bridgehead atoms. The molecule has 0 spiro atoms. The molecule has 0 N–H and O–H groups in total. The number of hydrogen-bond donors (Lipinski definition) is 0. The molecule has 0 amide bonds. The van der Waals surface area contributed by atoms with E-state index in [1.165, 1.54) is 29.6 Å². The molecule has 16 heteroatoms. The third-order valence-electron chi connectivity index (χ3n) is 3.76. The molecule has 32 heavy (non-hydrogen) atoms. The van der Waals surface area contributed by atoms with Crippen LogP contribution in [-0.2, 0) is 19.4 Å². The van der Waals surface area contributed by atoms with Gasteiger partial charge in [0.25, 0.3) is 0 Å². The molecule has 0 unspecified atom stereocenters. The van der Waals surface area contributed by atoms with Crippen LogP contribution >= 0.6 is 23.5 Å². The first-order valence-electron chi connectivity index (χ1n) is 8.27. The number of nitrogens with zero attached hydrogens (tertiary/aromatic N) is 8. The normalized spacial score (nSPS) is 12.0. The second kappa shape index (κ2) is 8.88. The van der Waals surface area contributed by atoms with Gasteiger partial charge in [-0.2, -0.15) is 31.4 Å². The molecule has 8 nitrogen and oxygen atoms in total. The summed E-state index contributed by atoms with van der Waals surface area (Å²) in [5, 5.41) is 8.05. The standard InChI is InChI=1S/C16H10F6N8S2/c1-30-14(32-11-6-10(27-29-23)24-13(25-11)31-2)26-12(28-30)7-3-8(15(17,18)19)5-9(4-7)16(20,21)22/h3-6H,1-2H3. The van der Waals surface area contributed by atoms with Crippen molar-refractivity contribution in [3.63, 3.8) is 0 Å². The Bertz CT molecular complexity index is 1170. The third-order valence-corrected chi connectivity index (χ3v) is 5.27. The highest BCUT2D eigenvalue weighted by Crippen LogP contribution is 2.38. The number of rotatable bonds is 5. The van der Waals surface area contributed by atoms with E-state index in [0.717, 1.165) is 11.8 Å². The first-order valence-corrected chi connectivity index (χ1v) is 10.3. The van der Waals surface area contributed by atoms with Gasteiger partial charge in [-0.3, -0.25) is 0 Å². The van der Waals surface area contributed by atoms with Gasteiger partial charge in [0, 0.05) is 17.5 Å². The highest BCUT2D eigenvalue weighted by molar-refractivity contribution is 7.99. The van der Waals surface area contributed by atoms with Crippen LogP contribution in [0.15, 0.2) is 44.7 Å². The van der Waals surface area contributed by atoms with E-state index in [9.17, 15) is 26.3 Å². The maximum absolute atomic E-state index is 13.1. The van der Waals surface area contributed by atoms with Crippen LogP contribution in [0.3, 0.4) is 0 Å². The van der Waals surface area contributed by atoms with E-state index in [4.69, 9.17) is 5.53 Å². The molecule has 0 radical (unpaired) electrons. The second-order valence-electron chi connectivity index (χ2n) is 5.98. The first-order chi connectivity index (χ1) is 14.9. The van der Waals surface area contributed by atoms with Crippen molar-refractivity contribution in [1.82, 2.24) is 24.7 Å². The molecule has 2 heterocycles. The van der Waals surface area contributed by atoms with Gasteiger partial charge in [-0.15, -0.1) is 0 Å². The molecule has 3 aromatic rings. The van der Waals surface area contributed by atoms with Crippen molar-refractivity contribution in [2.45, 2.75) is 27.7 Å². The van der Waals surface area contributed by atoms with Crippen LogP contribution in [0.2, 0.25) is 0 Å².